The zero-order chi connectivity index (χ0) is 24.8. The summed E-state index contributed by atoms with van der Waals surface area (Å²) in [5.74, 6) is -0.347. The van der Waals surface area contributed by atoms with Gasteiger partial charge in [-0.15, -0.1) is 10.2 Å². The maximum atomic E-state index is 12.3. The minimum Gasteiger partial charge on any atom is -0.508 e. The Labute approximate surface area is 202 Å². The summed E-state index contributed by atoms with van der Waals surface area (Å²) in [5.41, 5.74) is 3.84. The van der Waals surface area contributed by atoms with Crippen LogP contribution in [0.4, 0.5) is 5.69 Å². The number of aromatic hydroxyl groups is 2. The molecule has 3 aromatic carbocycles. The van der Waals surface area contributed by atoms with Crippen molar-refractivity contribution in [1.29, 1.82) is 0 Å². The van der Waals surface area contributed by atoms with Crippen LogP contribution in [0.15, 0.2) is 83.1 Å². The SMILES string of the molecule is O=C(CSc1nnc(-c2cccc([N+](=O)[O-])c2)n1-c1ccccc1)NN=Cc1ccc(O)cc1O. The monoisotopic (exact) mass is 490 g/mol. The van der Waals surface area contributed by atoms with E-state index in [2.05, 4.69) is 20.7 Å². The van der Waals surface area contributed by atoms with Gasteiger partial charge in [0.15, 0.2) is 11.0 Å². The van der Waals surface area contributed by atoms with Gasteiger partial charge >= 0.3 is 0 Å². The predicted molar refractivity (Wildman–Crippen MR) is 130 cm³/mol. The van der Waals surface area contributed by atoms with Crippen molar-refractivity contribution in [2.24, 2.45) is 5.10 Å². The van der Waals surface area contributed by atoms with Gasteiger partial charge in [0.25, 0.3) is 11.6 Å². The minimum atomic E-state index is -0.481. The van der Waals surface area contributed by atoms with Crippen LogP contribution < -0.4 is 5.43 Å². The maximum Gasteiger partial charge on any atom is 0.270 e. The lowest BCUT2D eigenvalue weighted by molar-refractivity contribution is -0.384. The molecular formula is C23H18N6O5S. The normalized spacial score (nSPS) is 11.0. The Morgan fingerprint density at radius 3 is 2.63 bits per heavy atom. The molecule has 0 radical (unpaired) electrons. The van der Waals surface area contributed by atoms with Crippen molar-refractivity contribution in [2.75, 3.05) is 5.75 Å². The van der Waals surface area contributed by atoms with Crippen LogP contribution in [0.5, 0.6) is 11.5 Å². The molecule has 0 aliphatic rings. The number of aromatic nitrogens is 3. The number of phenols is 2. The van der Waals surface area contributed by atoms with Gasteiger partial charge in [-0.25, -0.2) is 5.43 Å². The van der Waals surface area contributed by atoms with Crippen molar-refractivity contribution in [1.82, 2.24) is 20.2 Å². The summed E-state index contributed by atoms with van der Waals surface area (Å²) in [4.78, 5) is 23.0. The molecule has 0 bridgehead atoms. The number of benzene rings is 3. The van der Waals surface area contributed by atoms with Gasteiger partial charge in [0.1, 0.15) is 11.5 Å². The Morgan fingerprint density at radius 2 is 1.89 bits per heavy atom. The number of non-ortho nitro benzene ring substituents is 1. The molecule has 12 heteroatoms. The van der Waals surface area contributed by atoms with Crippen molar-refractivity contribution in [3.05, 3.63) is 88.5 Å². The van der Waals surface area contributed by atoms with Crippen molar-refractivity contribution >= 4 is 29.6 Å². The van der Waals surface area contributed by atoms with E-state index in [1.807, 2.05) is 30.3 Å². The van der Waals surface area contributed by atoms with Crippen molar-refractivity contribution in [2.45, 2.75) is 5.16 Å². The molecule has 0 fully saturated rings. The smallest absolute Gasteiger partial charge is 0.270 e. The number of para-hydroxylation sites is 1. The lowest BCUT2D eigenvalue weighted by Gasteiger charge is -2.10. The summed E-state index contributed by atoms with van der Waals surface area (Å²) in [6, 6.07) is 19.3. The molecule has 11 nitrogen and oxygen atoms in total. The number of hydrazone groups is 1. The molecule has 4 aromatic rings. The van der Waals surface area contributed by atoms with Gasteiger partial charge < -0.3 is 10.2 Å². The first-order valence-electron chi connectivity index (χ1n) is 10.1. The zero-order valence-electron chi connectivity index (χ0n) is 18.0. The van der Waals surface area contributed by atoms with Gasteiger partial charge in [-0.05, 0) is 24.3 Å². The van der Waals surface area contributed by atoms with Gasteiger partial charge in [-0.1, -0.05) is 42.1 Å². The second kappa shape index (κ2) is 10.5. The molecule has 1 heterocycles. The van der Waals surface area contributed by atoms with Crippen LogP contribution in [-0.2, 0) is 4.79 Å². The summed E-state index contributed by atoms with van der Waals surface area (Å²) in [7, 11) is 0. The van der Waals surface area contributed by atoms with Crippen molar-refractivity contribution < 1.29 is 19.9 Å². The molecule has 4 rings (SSSR count). The number of nitro benzene ring substituents is 1. The molecule has 0 atom stereocenters. The van der Waals surface area contributed by atoms with Gasteiger partial charge in [0.2, 0.25) is 0 Å². The second-order valence-electron chi connectivity index (χ2n) is 7.11. The number of nitrogens with zero attached hydrogens (tertiary/aromatic N) is 5. The molecule has 0 saturated carbocycles. The molecule has 0 spiro atoms. The maximum absolute atomic E-state index is 12.3. The number of hydrogen-bond acceptors (Lipinski definition) is 9. The van der Waals surface area contributed by atoms with Crippen LogP contribution in [0.1, 0.15) is 5.56 Å². The summed E-state index contributed by atoms with van der Waals surface area (Å²) < 4.78 is 1.72. The minimum absolute atomic E-state index is 0.0429. The number of carbonyl (C=O) groups is 1. The molecule has 1 aromatic heterocycles. The summed E-state index contributed by atoms with van der Waals surface area (Å²) in [5, 5.41) is 42.9. The lowest BCUT2D eigenvalue weighted by Crippen LogP contribution is -2.20. The fourth-order valence-corrected chi connectivity index (χ4v) is 3.84. The number of thioether (sulfide) groups is 1. The standard InChI is InChI=1S/C23H18N6O5S/c30-19-10-9-16(20(31)12-19)13-24-25-21(32)14-35-23-27-26-22(28(23)17-6-2-1-3-7-17)15-5-4-8-18(11-15)29(33)34/h1-13,30-31H,14H2,(H,25,32). The Hall–Kier alpha value is -4.71. The van der Waals surface area contributed by atoms with E-state index in [4.69, 9.17) is 0 Å². The first kappa shape index (κ1) is 23.4. The van der Waals surface area contributed by atoms with Crippen LogP contribution in [0.2, 0.25) is 0 Å². The number of nitro groups is 1. The van der Waals surface area contributed by atoms with Crippen LogP contribution in [0.25, 0.3) is 17.1 Å². The topological polar surface area (TPSA) is 156 Å². The van der Waals surface area contributed by atoms with Crippen LogP contribution >= 0.6 is 11.8 Å². The highest BCUT2D eigenvalue weighted by atomic mass is 32.2. The third-order valence-corrected chi connectivity index (χ3v) is 5.63. The van der Waals surface area contributed by atoms with E-state index in [9.17, 15) is 25.1 Å². The van der Waals surface area contributed by atoms with Crippen LogP contribution in [-0.4, -0.2) is 47.8 Å². The molecule has 0 unspecified atom stereocenters. The van der Waals surface area contributed by atoms with E-state index in [0.29, 0.717) is 22.1 Å². The molecule has 3 N–H and O–H groups in total. The Bertz CT molecular complexity index is 1410. The average molecular weight is 491 g/mol. The summed E-state index contributed by atoms with van der Waals surface area (Å²) >= 11 is 1.11. The van der Waals surface area contributed by atoms with E-state index in [1.165, 1.54) is 30.5 Å². The van der Waals surface area contributed by atoms with E-state index in [-0.39, 0.29) is 22.9 Å². The van der Waals surface area contributed by atoms with Crippen molar-refractivity contribution in [3.8, 4) is 28.6 Å². The number of rotatable bonds is 8. The Balaban J connectivity index is 1.53. The van der Waals surface area contributed by atoms with Crippen LogP contribution in [0.3, 0.4) is 0 Å². The highest BCUT2D eigenvalue weighted by molar-refractivity contribution is 7.99. The van der Waals surface area contributed by atoms with Crippen molar-refractivity contribution in [3.63, 3.8) is 0 Å². The number of hydrogen-bond donors (Lipinski definition) is 3. The quantitative estimate of drug-likeness (QED) is 0.147. The highest BCUT2D eigenvalue weighted by Gasteiger charge is 2.19. The predicted octanol–water partition coefficient (Wildman–Crippen LogP) is 3.50. The first-order chi connectivity index (χ1) is 16.9. The fraction of sp³-hybridized carbons (Fsp3) is 0.0435. The molecule has 0 aliphatic heterocycles. The van der Waals surface area contributed by atoms with E-state index in [0.717, 1.165) is 23.5 Å². The summed E-state index contributed by atoms with van der Waals surface area (Å²) in [6.07, 6.45) is 1.25. The molecule has 35 heavy (non-hydrogen) atoms. The number of carbonyl (C=O) groups excluding carboxylic acids is 1. The van der Waals surface area contributed by atoms with Gasteiger partial charge in [0.05, 0.1) is 16.9 Å². The number of amides is 1. The van der Waals surface area contributed by atoms with Gasteiger partial charge in [0, 0.05) is 35.0 Å². The first-order valence-corrected chi connectivity index (χ1v) is 11.1. The molecule has 0 saturated heterocycles. The van der Waals surface area contributed by atoms with E-state index >= 15 is 0 Å². The average Bonchev–Trinajstić information content (AvgIpc) is 3.29. The number of phenolic OH excluding ortho intramolecular Hbond substituents is 2. The third kappa shape index (κ3) is 5.62. The molecule has 176 valence electrons. The molecular weight excluding hydrogens is 472 g/mol. The highest BCUT2D eigenvalue weighted by Crippen LogP contribution is 2.29. The van der Waals surface area contributed by atoms with Gasteiger partial charge in [-0.3, -0.25) is 19.5 Å². The van der Waals surface area contributed by atoms with E-state index in [1.54, 1.807) is 16.7 Å². The Morgan fingerprint density at radius 1 is 1.09 bits per heavy atom. The fourth-order valence-electron chi connectivity index (χ4n) is 3.10. The van der Waals surface area contributed by atoms with Gasteiger partial charge in [-0.2, -0.15) is 5.10 Å². The van der Waals surface area contributed by atoms with E-state index < -0.39 is 10.8 Å². The molecule has 0 aliphatic carbocycles. The lowest BCUT2D eigenvalue weighted by atomic mass is 10.2. The van der Waals surface area contributed by atoms with Crippen LogP contribution in [0, 0.1) is 10.1 Å². The summed E-state index contributed by atoms with van der Waals surface area (Å²) in [6.45, 7) is 0. The number of nitrogens with one attached hydrogen (secondary N) is 1. The largest absolute Gasteiger partial charge is 0.508 e. The third-order valence-electron chi connectivity index (χ3n) is 4.70. The second-order valence-corrected chi connectivity index (χ2v) is 8.05. The zero-order valence-corrected chi connectivity index (χ0v) is 18.8. The Kier molecular flexibility index (Phi) is 7.02. The molecule has 1 amide bonds.